The summed E-state index contributed by atoms with van der Waals surface area (Å²) in [6.07, 6.45) is 0.833. The van der Waals surface area contributed by atoms with Crippen molar-refractivity contribution in [2.24, 2.45) is 0 Å². The summed E-state index contributed by atoms with van der Waals surface area (Å²) < 4.78 is 1.63. The van der Waals surface area contributed by atoms with E-state index in [0.717, 1.165) is 12.1 Å². The van der Waals surface area contributed by atoms with Crippen molar-refractivity contribution in [2.45, 2.75) is 40.2 Å². The largest absolute Gasteiger partial charge is 0.310 e. The Balaban J connectivity index is 3.58. The van der Waals surface area contributed by atoms with Crippen LogP contribution in [0.25, 0.3) is 0 Å². The molecule has 0 radical (unpaired) electrons. The van der Waals surface area contributed by atoms with E-state index in [-0.39, 0.29) is 17.2 Å². The average molecular weight is 242 g/mol. The van der Waals surface area contributed by atoms with Crippen molar-refractivity contribution in [2.75, 3.05) is 0 Å². The van der Waals surface area contributed by atoms with E-state index in [2.05, 4.69) is 0 Å². The minimum atomic E-state index is -0.681. The van der Waals surface area contributed by atoms with Crippen LogP contribution >= 0.6 is 11.6 Å². The number of aryl methyl sites for hydroxylation is 2. The molecule has 1 rings (SSSR count). The molecule has 1 heterocycles. The van der Waals surface area contributed by atoms with Gasteiger partial charge in [-0.2, -0.15) is 0 Å². The lowest BCUT2D eigenvalue weighted by molar-refractivity contribution is 0.107. The third-order valence-corrected chi connectivity index (χ3v) is 3.05. The van der Waals surface area contributed by atoms with Gasteiger partial charge in [0.1, 0.15) is 5.56 Å². The van der Waals surface area contributed by atoms with Gasteiger partial charge in [-0.3, -0.25) is 9.59 Å². The Morgan fingerprint density at radius 3 is 2.50 bits per heavy atom. The van der Waals surface area contributed by atoms with E-state index in [4.69, 9.17) is 11.6 Å². The maximum absolute atomic E-state index is 12.1. The second kappa shape index (κ2) is 4.83. The van der Waals surface area contributed by atoms with Gasteiger partial charge in [-0.15, -0.1) is 0 Å². The molecule has 0 aliphatic rings. The van der Waals surface area contributed by atoms with Gasteiger partial charge in [0.15, 0.2) is 0 Å². The minimum Gasteiger partial charge on any atom is -0.310 e. The summed E-state index contributed by atoms with van der Waals surface area (Å²) in [7, 11) is 0. The number of nitrogens with zero attached hydrogens (tertiary/aromatic N) is 1. The highest BCUT2D eigenvalue weighted by Gasteiger charge is 2.17. The fourth-order valence-corrected chi connectivity index (χ4v) is 2.10. The summed E-state index contributed by atoms with van der Waals surface area (Å²) in [5.41, 5.74) is 1.31. The number of rotatable bonds is 3. The van der Waals surface area contributed by atoms with Crippen molar-refractivity contribution in [1.82, 2.24) is 4.57 Å². The summed E-state index contributed by atoms with van der Waals surface area (Å²) in [6, 6.07) is 1.89. The molecule has 3 nitrogen and oxygen atoms in total. The highest BCUT2D eigenvalue weighted by molar-refractivity contribution is 6.67. The average Bonchev–Trinajstić information content (AvgIpc) is 2.15. The molecule has 0 N–H and O–H groups in total. The Morgan fingerprint density at radius 2 is 2.06 bits per heavy atom. The van der Waals surface area contributed by atoms with Crippen molar-refractivity contribution in [3.8, 4) is 0 Å². The Bertz CT molecular complexity index is 477. The van der Waals surface area contributed by atoms with Crippen LogP contribution in [0.15, 0.2) is 10.9 Å². The number of carbonyl (C=O) groups is 1. The van der Waals surface area contributed by atoms with Crippen molar-refractivity contribution in [3.63, 3.8) is 0 Å². The van der Waals surface area contributed by atoms with Gasteiger partial charge in [0.2, 0.25) is 0 Å². The fraction of sp³-hybridized carbons (Fsp3) is 0.500. The van der Waals surface area contributed by atoms with Crippen LogP contribution in [0.2, 0.25) is 0 Å². The maximum Gasteiger partial charge on any atom is 0.263 e. The van der Waals surface area contributed by atoms with Gasteiger partial charge >= 0.3 is 0 Å². The van der Waals surface area contributed by atoms with Gasteiger partial charge in [0, 0.05) is 11.7 Å². The van der Waals surface area contributed by atoms with Crippen LogP contribution in [0.3, 0.4) is 0 Å². The summed E-state index contributed by atoms with van der Waals surface area (Å²) >= 11 is 5.43. The molecule has 0 aromatic carbocycles. The van der Waals surface area contributed by atoms with E-state index >= 15 is 0 Å². The third kappa shape index (κ3) is 2.19. The second-order valence-electron chi connectivity index (χ2n) is 4.05. The van der Waals surface area contributed by atoms with Gasteiger partial charge in [-0.05, 0) is 50.4 Å². The topological polar surface area (TPSA) is 39.1 Å². The molecule has 0 fully saturated rings. The zero-order valence-corrected chi connectivity index (χ0v) is 10.8. The normalized spacial score (nSPS) is 12.6. The highest BCUT2D eigenvalue weighted by atomic mass is 35.5. The maximum atomic E-state index is 12.1. The molecular formula is C12H16ClNO2. The summed E-state index contributed by atoms with van der Waals surface area (Å²) in [5, 5.41) is -0.681. The molecule has 1 unspecified atom stereocenters. The number of hydrogen-bond acceptors (Lipinski definition) is 2. The van der Waals surface area contributed by atoms with Gasteiger partial charge in [0.05, 0.1) is 0 Å². The zero-order valence-electron chi connectivity index (χ0n) is 10.0. The first-order valence-electron chi connectivity index (χ1n) is 5.32. The Kier molecular flexibility index (Phi) is 3.92. The first-order chi connectivity index (χ1) is 7.40. The summed E-state index contributed by atoms with van der Waals surface area (Å²) in [4.78, 5) is 23.3. The summed E-state index contributed by atoms with van der Waals surface area (Å²) in [5.74, 6) is 0. The molecular weight excluding hydrogens is 226 g/mol. The van der Waals surface area contributed by atoms with Crippen LogP contribution in [0.1, 0.15) is 47.9 Å². The number of aromatic nitrogens is 1. The zero-order chi connectivity index (χ0) is 12.5. The molecule has 16 heavy (non-hydrogen) atoms. The van der Waals surface area contributed by atoms with Crippen molar-refractivity contribution >= 4 is 16.8 Å². The van der Waals surface area contributed by atoms with Gasteiger partial charge < -0.3 is 4.57 Å². The molecule has 1 atom stereocenters. The summed E-state index contributed by atoms with van der Waals surface area (Å²) in [6.45, 7) is 7.54. The standard InChI is InChI=1S/C12H16ClNO2/c1-5-8(3)14-9(4)6-7(2)10(11(13)15)12(14)16/h6,8H,5H2,1-4H3. The number of halogens is 1. The van der Waals surface area contributed by atoms with Gasteiger partial charge in [-0.25, -0.2) is 0 Å². The molecule has 88 valence electrons. The molecule has 0 aliphatic heterocycles. The first-order valence-corrected chi connectivity index (χ1v) is 5.70. The predicted octanol–water partition coefficient (Wildman–Crippen LogP) is 2.82. The smallest absolute Gasteiger partial charge is 0.263 e. The Labute approximate surface area is 100 Å². The number of hydrogen-bond donors (Lipinski definition) is 0. The third-order valence-electron chi connectivity index (χ3n) is 2.86. The van der Waals surface area contributed by atoms with Crippen molar-refractivity contribution in [1.29, 1.82) is 0 Å². The molecule has 1 aromatic heterocycles. The van der Waals surface area contributed by atoms with Crippen LogP contribution in [0, 0.1) is 13.8 Å². The molecule has 0 saturated carbocycles. The van der Waals surface area contributed by atoms with Crippen LogP contribution in [0.4, 0.5) is 0 Å². The monoisotopic (exact) mass is 241 g/mol. The van der Waals surface area contributed by atoms with Crippen LogP contribution in [-0.2, 0) is 0 Å². The number of pyridine rings is 1. The van der Waals surface area contributed by atoms with E-state index in [1.807, 2.05) is 26.8 Å². The first kappa shape index (κ1) is 13.0. The van der Waals surface area contributed by atoms with Crippen LogP contribution < -0.4 is 5.56 Å². The van der Waals surface area contributed by atoms with E-state index in [9.17, 15) is 9.59 Å². The lowest BCUT2D eigenvalue weighted by atomic mass is 10.1. The SMILES string of the molecule is CCC(C)n1c(C)cc(C)c(C(=O)Cl)c1=O. The quantitative estimate of drug-likeness (QED) is 0.764. The molecule has 0 bridgehead atoms. The fourth-order valence-electron chi connectivity index (χ4n) is 1.87. The molecule has 4 heteroatoms. The van der Waals surface area contributed by atoms with E-state index < -0.39 is 5.24 Å². The van der Waals surface area contributed by atoms with Crippen LogP contribution in [-0.4, -0.2) is 9.81 Å². The highest BCUT2D eigenvalue weighted by Crippen LogP contribution is 2.14. The molecule has 0 aliphatic carbocycles. The van der Waals surface area contributed by atoms with Gasteiger partial charge in [0.25, 0.3) is 10.8 Å². The number of carbonyl (C=O) groups excluding carboxylic acids is 1. The van der Waals surface area contributed by atoms with Crippen LogP contribution in [0.5, 0.6) is 0 Å². The van der Waals surface area contributed by atoms with Gasteiger partial charge in [-0.1, -0.05) is 6.92 Å². The minimum absolute atomic E-state index is 0.0721. The Morgan fingerprint density at radius 1 is 1.50 bits per heavy atom. The molecule has 0 saturated heterocycles. The molecule has 0 spiro atoms. The predicted molar refractivity (Wildman–Crippen MR) is 65.4 cm³/mol. The van der Waals surface area contributed by atoms with Crippen molar-refractivity contribution < 1.29 is 4.79 Å². The second-order valence-corrected chi connectivity index (χ2v) is 4.39. The lowest BCUT2D eigenvalue weighted by Crippen LogP contribution is -2.30. The van der Waals surface area contributed by atoms with E-state index in [1.54, 1.807) is 11.5 Å². The Hall–Kier alpha value is -1.09. The van der Waals surface area contributed by atoms with Crippen molar-refractivity contribution in [3.05, 3.63) is 33.2 Å². The van der Waals surface area contributed by atoms with E-state index in [1.165, 1.54) is 0 Å². The van der Waals surface area contributed by atoms with E-state index in [0.29, 0.717) is 5.56 Å². The molecule has 0 amide bonds. The lowest BCUT2D eigenvalue weighted by Gasteiger charge is -2.18. The molecule has 1 aromatic rings.